The van der Waals surface area contributed by atoms with Crippen molar-refractivity contribution in [2.24, 2.45) is 5.73 Å². The number of carboxylic acids is 2. The van der Waals surface area contributed by atoms with Gasteiger partial charge in [0.2, 0.25) is 16.0 Å². The lowest BCUT2D eigenvalue weighted by Crippen LogP contribution is -2.41. The number of guanidine groups is 1. The Morgan fingerprint density at radius 1 is 1.19 bits per heavy atom. The van der Waals surface area contributed by atoms with Crippen molar-refractivity contribution in [1.29, 1.82) is 5.41 Å². The Morgan fingerprint density at radius 2 is 1.72 bits per heavy atom. The standard InChI is InChI=1S/C14H22N4O6S.C2HF3O2/c1-25(21,22)18-12(13(19)20)9-10-3-5-11(6-4-10)23-7-2-8-24-17-14(15)16;3-2(4,5)1(6)7/h3-6,12,18H,2,7-9H2,1H3,(H,19,20)(H4,15,16,17);(H,6,7)/t12-;/m0./s1. The summed E-state index contributed by atoms with van der Waals surface area (Å²) in [7, 11) is -3.62. The van der Waals surface area contributed by atoms with Crippen LogP contribution in [0.2, 0.25) is 0 Å². The molecular weight excluding hydrogens is 465 g/mol. The van der Waals surface area contributed by atoms with Gasteiger partial charge in [0.05, 0.1) is 19.5 Å². The molecule has 0 aliphatic carbocycles. The molecule has 0 fully saturated rings. The van der Waals surface area contributed by atoms with Crippen LogP contribution < -0.4 is 20.7 Å². The summed E-state index contributed by atoms with van der Waals surface area (Å²) in [6.45, 7) is 0.696. The lowest BCUT2D eigenvalue weighted by molar-refractivity contribution is -0.192. The third-order valence-electron chi connectivity index (χ3n) is 3.10. The zero-order valence-electron chi connectivity index (χ0n) is 16.7. The Hall–Kier alpha value is -3.11. The van der Waals surface area contributed by atoms with E-state index in [0.29, 0.717) is 30.9 Å². The van der Waals surface area contributed by atoms with E-state index in [1.807, 2.05) is 0 Å². The molecule has 1 rings (SSSR count). The van der Waals surface area contributed by atoms with Gasteiger partial charge in [-0.2, -0.15) is 13.2 Å². The highest BCUT2D eigenvalue weighted by atomic mass is 32.2. The molecule has 1 aromatic rings. The lowest BCUT2D eigenvalue weighted by atomic mass is 10.1. The number of aliphatic carboxylic acids is 2. The van der Waals surface area contributed by atoms with Crippen molar-refractivity contribution in [1.82, 2.24) is 10.2 Å². The van der Waals surface area contributed by atoms with Gasteiger partial charge in [-0.3, -0.25) is 15.0 Å². The maximum atomic E-state index is 11.2. The number of hydroxylamine groups is 1. The summed E-state index contributed by atoms with van der Waals surface area (Å²) in [5, 5.41) is 23.1. The smallest absolute Gasteiger partial charge is 0.490 e. The zero-order valence-corrected chi connectivity index (χ0v) is 17.5. The van der Waals surface area contributed by atoms with Crippen molar-refractivity contribution < 1.29 is 51.0 Å². The number of nitrogens with one attached hydrogen (secondary N) is 3. The number of sulfonamides is 1. The highest BCUT2D eigenvalue weighted by molar-refractivity contribution is 7.88. The van der Waals surface area contributed by atoms with Crippen molar-refractivity contribution in [3.63, 3.8) is 0 Å². The number of carboxylic acid groups (broad SMARTS) is 2. The van der Waals surface area contributed by atoms with Gasteiger partial charge in [-0.05, 0) is 24.1 Å². The maximum absolute atomic E-state index is 11.2. The third-order valence-corrected chi connectivity index (χ3v) is 3.81. The predicted octanol–water partition coefficient (Wildman–Crippen LogP) is 0.0484. The molecule has 0 radical (unpaired) electrons. The van der Waals surface area contributed by atoms with Gasteiger partial charge < -0.3 is 20.7 Å². The third kappa shape index (κ3) is 14.8. The fraction of sp³-hybridized carbons (Fsp3) is 0.438. The largest absolute Gasteiger partial charge is 0.494 e. The van der Waals surface area contributed by atoms with Crippen LogP contribution in [0.1, 0.15) is 12.0 Å². The number of rotatable bonds is 11. The number of hydrogen-bond donors (Lipinski definition) is 6. The molecule has 32 heavy (non-hydrogen) atoms. The summed E-state index contributed by atoms with van der Waals surface area (Å²) in [5.41, 5.74) is 7.90. The fourth-order valence-corrected chi connectivity index (χ4v) is 2.55. The van der Waals surface area contributed by atoms with Crippen LogP contribution in [0, 0.1) is 5.41 Å². The van der Waals surface area contributed by atoms with E-state index in [0.717, 1.165) is 6.26 Å². The Kier molecular flexibility index (Phi) is 12.0. The van der Waals surface area contributed by atoms with E-state index in [-0.39, 0.29) is 12.4 Å². The van der Waals surface area contributed by atoms with Crippen LogP contribution in [0.4, 0.5) is 13.2 Å². The molecule has 1 atom stereocenters. The van der Waals surface area contributed by atoms with Crippen LogP contribution in [0.3, 0.4) is 0 Å². The van der Waals surface area contributed by atoms with E-state index >= 15 is 0 Å². The molecule has 0 saturated carbocycles. The number of carbonyl (C=O) groups is 2. The molecule has 1 aromatic carbocycles. The molecule has 0 saturated heterocycles. The van der Waals surface area contributed by atoms with E-state index in [4.69, 9.17) is 35.7 Å². The molecule has 0 aromatic heterocycles. The first-order valence-electron chi connectivity index (χ1n) is 8.55. The van der Waals surface area contributed by atoms with Crippen LogP contribution in [0.25, 0.3) is 0 Å². The summed E-state index contributed by atoms with van der Waals surface area (Å²) < 4.78 is 61.7. The van der Waals surface area contributed by atoms with Crippen molar-refractivity contribution in [2.75, 3.05) is 19.5 Å². The number of alkyl halides is 3. The average Bonchev–Trinajstić information content (AvgIpc) is 2.63. The molecule has 182 valence electrons. The van der Waals surface area contributed by atoms with Gasteiger partial charge in [0.15, 0.2) is 0 Å². The first-order chi connectivity index (χ1) is 14.6. The summed E-state index contributed by atoms with van der Waals surface area (Å²) in [6, 6.07) is 5.45. The molecule has 16 heteroatoms. The van der Waals surface area contributed by atoms with Crippen LogP contribution in [0.5, 0.6) is 5.75 Å². The van der Waals surface area contributed by atoms with Gasteiger partial charge in [0.1, 0.15) is 11.8 Å². The minimum Gasteiger partial charge on any atom is -0.494 e. The first kappa shape index (κ1) is 28.9. The Labute approximate surface area is 181 Å². The topological polar surface area (TPSA) is 201 Å². The number of ether oxygens (including phenoxy) is 1. The quantitative estimate of drug-likeness (QED) is 0.107. The van der Waals surface area contributed by atoms with E-state index in [2.05, 4.69) is 10.2 Å². The van der Waals surface area contributed by atoms with Crippen LogP contribution in [0.15, 0.2) is 24.3 Å². The highest BCUT2D eigenvalue weighted by Crippen LogP contribution is 2.14. The van der Waals surface area contributed by atoms with E-state index in [1.54, 1.807) is 24.3 Å². The number of benzene rings is 1. The predicted molar refractivity (Wildman–Crippen MR) is 104 cm³/mol. The van der Waals surface area contributed by atoms with Crippen molar-refractivity contribution in [3.05, 3.63) is 29.8 Å². The summed E-state index contributed by atoms with van der Waals surface area (Å²) in [5.74, 6) is -3.69. The molecule has 0 heterocycles. The van der Waals surface area contributed by atoms with Crippen LogP contribution >= 0.6 is 0 Å². The Morgan fingerprint density at radius 3 is 2.12 bits per heavy atom. The normalized spacial score (nSPS) is 12.1. The summed E-state index contributed by atoms with van der Waals surface area (Å²) >= 11 is 0. The van der Waals surface area contributed by atoms with Crippen molar-refractivity contribution in [2.45, 2.75) is 25.1 Å². The minimum absolute atomic E-state index is 0.0211. The average molecular weight is 488 g/mol. The molecule has 0 aliphatic heterocycles. The molecule has 0 aliphatic rings. The number of hydrogen-bond acceptors (Lipinski definition) is 7. The summed E-state index contributed by atoms with van der Waals surface area (Å²) in [6.07, 6.45) is -3.58. The van der Waals surface area contributed by atoms with E-state index < -0.39 is 34.2 Å². The first-order valence-corrected chi connectivity index (χ1v) is 10.4. The van der Waals surface area contributed by atoms with Gasteiger partial charge >= 0.3 is 18.1 Å². The van der Waals surface area contributed by atoms with Crippen molar-refractivity contribution >= 4 is 27.9 Å². The molecule has 12 nitrogen and oxygen atoms in total. The minimum atomic E-state index is -5.08. The molecule has 0 amide bonds. The fourth-order valence-electron chi connectivity index (χ4n) is 1.85. The van der Waals surface area contributed by atoms with E-state index in [1.165, 1.54) is 0 Å². The zero-order chi connectivity index (χ0) is 24.9. The van der Waals surface area contributed by atoms with Gasteiger partial charge in [-0.1, -0.05) is 12.1 Å². The van der Waals surface area contributed by atoms with Crippen molar-refractivity contribution in [3.8, 4) is 5.75 Å². The van der Waals surface area contributed by atoms with Gasteiger partial charge in [0, 0.05) is 6.42 Å². The second kappa shape index (κ2) is 13.3. The van der Waals surface area contributed by atoms with Crippen LogP contribution in [-0.4, -0.2) is 68.2 Å². The SMILES string of the molecule is CS(=O)(=O)N[C@@H](Cc1ccc(OCCCONC(=N)N)cc1)C(=O)O.O=C(O)C(F)(F)F. The molecule has 0 unspecified atom stereocenters. The lowest BCUT2D eigenvalue weighted by Gasteiger charge is -2.13. The second-order valence-electron chi connectivity index (χ2n) is 6.00. The molecule has 0 bridgehead atoms. The summed E-state index contributed by atoms with van der Waals surface area (Å²) in [4.78, 5) is 24.9. The van der Waals surface area contributed by atoms with Crippen LogP contribution in [-0.2, 0) is 30.9 Å². The monoisotopic (exact) mass is 488 g/mol. The second-order valence-corrected chi connectivity index (χ2v) is 7.78. The number of nitrogens with two attached hydrogens (primary N) is 1. The Bertz CT molecular complexity index is 863. The van der Waals surface area contributed by atoms with Gasteiger partial charge in [-0.15, -0.1) is 0 Å². The molecular formula is C16H23F3N4O8S. The highest BCUT2D eigenvalue weighted by Gasteiger charge is 2.38. The molecule has 7 N–H and O–H groups in total. The molecule has 0 spiro atoms. The van der Waals surface area contributed by atoms with Gasteiger partial charge in [-0.25, -0.2) is 23.4 Å². The maximum Gasteiger partial charge on any atom is 0.490 e. The van der Waals surface area contributed by atoms with Gasteiger partial charge in [0.25, 0.3) is 0 Å². The van der Waals surface area contributed by atoms with E-state index in [9.17, 15) is 26.4 Å². The Balaban J connectivity index is 0.00000118. The number of halogens is 3.